The summed E-state index contributed by atoms with van der Waals surface area (Å²) in [5.74, 6) is 1.35. The molecule has 1 rings (SSSR count). The van der Waals surface area contributed by atoms with Gasteiger partial charge in [0.2, 0.25) is 0 Å². The van der Waals surface area contributed by atoms with Gasteiger partial charge in [-0.15, -0.1) is 0 Å². The van der Waals surface area contributed by atoms with Crippen LogP contribution < -0.4 is 20.6 Å². The van der Waals surface area contributed by atoms with Gasteiger partial charge in [-0.2, -0.15) is 5.10 Å². The first kappa shape index (κ1) is 14.0. The third kappa shape index (κ3) is 4.00. The van der Waals surface area contributed by atoms with Gasteiger partial charge in [0.05, 0.1) is 24.0 Å². The third-order valence-corrected chi connectivity index (χ3v) is 2.74. The number of hydrogen-bond donors (Lipinski definition) is 2. The highest BCUT2D eigenvalue weighted by Gasteiger charge is 2.09. The molecule has 92 valence electrons. The molecule has 1 aromatic carbocycles. The van der Waals surface area contributed by atoms with Gasteiger partial charge in [-0.05, 0) is 52.5 Å². The lowest BCUT2D eigenvalue weighted by Crippen LogP contribution is -2.24. The predicted molar refractivity (Wildman–Crippen MR) is 79.8 cm³/mol. The highest BCUT2D eigenvalue weighted by atomic mass is 127. The number of rotatable bonds is 4. The summed E-state index contributed by atoms with van der Waals surface area (Å²) in [7, 11) is 3.18. The highest BCUT2D eigenvalue weighted by Crippen LogP contribution is 2.32. The zero-order valence-electron chi connectivity index (χ0n) is 9.36. The molecule has 0 atom stereocenters. The summed E-state index contributed by atoms with van der Waals surface area (Å²) in [5, 5.41) is 3.99. The molecule has 5 nitrogen and oxygen atoms in total. The van der Waals surface area contributed by atoms with E-state index >= 15 is 0 Å². The van der Waals surface area contributed by atoms with Crippen molar-refractivity contribution in [1.82, 2.24) is 5.43 Å². The van der Waals surface area contributed by atoms with Crippen LogP contribution in [0.25, 0.3) is 0 Å². The minimum absolute atomic E-state index is 0.122. The van der Waals surface area contributed by atoms with Crippen molar-refractivity contribution in [2.75, 3.05) is 14.2 Å². The molecule has 1 aromatic rings. The maximum atomic E-state index is 5.25. The molecule has 0 aliphatic heterocycles. The van der Waals surface area contributed by atoms with E-state index in [9.17, 15) is 0 Å². The molecule has 17 heavy (non-hydrogen) atoms. The predicted octanol–water partition coefficient (Wildman–Crippen LogP) is 1.48. The molecule has 0 radical (unpaired) electrons. The van der Waals surface area contributed by atoms with Crippen molar-refractivity contribution in [3.63, 3.8) is 0 Å². The van der Waals surface area contributed by atoms with Crippen LogP contribution in [-0.4, -0.2) is 25.5 Å². The second kappa shape index (κ2) is 6.60. The van der Waals surface area contributed by atoms with Gasteiger partial charge in [0.25, 0.3) is 0 Å². The number of hydrazone groups is 1. The maximum Gasteiger partial charge on any atom is 0.184 e. The van der Waals surface area contributed by atoms with Crippen LogP contribution in [0.5, 0.6) is 11.5 Å². The lowest BCUT2D eigenvalue weighted by Gasteiger charge is -2.10. The van der Waals surface area contributed by atoms with E-state index in [1.165, 1.54) is 0 Å². The Kier molecular flexibility index (Phi) is 5.42. The smallest absolute Gasteiger partial charge is 0.184 e. The van der Waals surface area contributed by atoms with Gasteiger partial charge >= 0.3 is 0 Å². The third-order valence-electron chi connectivity index (χ3n) is 1.84. The second-order valence-corrected chi connectivity index (χ2v) is 4.57. The fourth-order valence-corrected chi connectivity index (χ4v) is 2.08. The van der Waals surface area contributed by atoms with Crippen LogP contribution in [0.4, 0.5) is 0 Å². The zero-order valence-corrected chi connectivity index (χ0v) is 12.3. The second-order valence-electron chi connectivity index (χ2n) is 2.97. The summed E-state index contributed by atoms with van der Waals surface area (Å²) in [4.78, 5) is 0. The fourth-order valence-electron chi connectivity index (χ4n) is 1.18. The largest absolute Gasteiger partial charge is 0.493 e. The molecular weight excluding hydrogens is 353 g/mol. The average molecular weight is 365 g/mol. The van der Waals surface area contributed by atoms with Crippen LogP contribution in [0.2, 0.25) is 0 Å². The monoisotopic (exact) mass is 365 g/mol. The number of halogens is 1. The summed E-state index contributed by atoms with van der Waals surface area (Å²) in [5.41, 5.74) is 8.59. The molecule has 7 heteroatoms. The molecule has 0 aromatic heterocycles. The minimum atomic E-state index is 0.122. The zero-order chi connectivity index (χ0) is 12.8. The van der Waals surface area contributed by atoms with E-state index in [1.807, 2.05) is 12.1 Å². The lowest BCUT2D eigenvalue weighted by molar-refractivity contribution is 0.353. The number of nitrogens with one attached hydrogen (secondary N) is 1. The van der Waals surface area contributed by atoms with Gasteiger partial charge in [-0.25, -0.2) is 0 Å². The number of benzene rings is 1. The van der Waals surface area contributed by atoms with Crippen LogP contribution >= 0.6 is 34.8 Å². The molecular formula is C10H12IN3O2S. The molecule has 0 amide bonds. The van der Waals surface area contributed by atoms with Crippen LogP contribution in [0.1, 0.15) is 5.56 Å². The van der Waals surface area contributed by atoms with Gasteiger partial charge in [0.1, 0.15) is 0 Å². The van der Waals surface area contributed by atoms with E-state index < -0.39 is 0 Å². The lowest BCUT2D eigenvalue weighted by atomic mass is 10.2. The molecule has 0 heterocycles. The summed E-state index contributed by atoms with van der Waals surface area (Å²) in [6.07, 6.45) is 1.60. The Morgan fingerprint density at radius 2 is 2.18 bits per heavy atom. The molecule has 0 saturated heterocycles. The van der Waals surface area contributed by atoms with E-state index in [-0.39, 0.29) is 5.11 Å². The van der Waals surface area contributed by atoms with Crippen LogP contribution in [0, 0.1) is 3.57 Å². The van der Waals surface area contributed by atoms with Crippen molar-refractivity contribution in [3.8, 4) is 11.5 Å². The van der Waals surface area contributed by atoms with Crippen LogP contribution in [0.3, 0.4) is 0 Å². The van der Waals surface area contributed by atoms with Gasteiger partial charge < -0.3 is 15.2 Å². The molecule has 0 unspecified atom stereocenters. The van der Waals surface area contributed by atoms with Crippen molar-refractivity contribution < 1.29 is 9.47 Å². The number of methoxy groups -OCH3 is 2. The van der Waals surface area contributed by atoms with Gasteiger partial charge in [-0.1, -0.05) is 0 Å². The van der Waals surface area contributed by atoms with Gasteiger partial charge in [-0.3, -0.25) is 5.43 Å². The fraction of sp³-hybridized carbons (Fsp3) is 0.200. The Balaban J connectivity index is 2.99. The summed E-state index contributed by atoms with van der Waals surface area (Å²) in [6.45, 7) is 0. The topological polar surface area (TPSA) is 68.9 Å². The van der Waals surface area contributed by atoms with E-state index in [2.05, 4.69) is 45.3 Å². The number of nitrogens with two attached hydrogens (primary N) is 1. The highest BCUT2D eigenvalue weighted by molar-refractivity contribution is 14.1. The Hall–Kier alpha value is -1.09. The van der Waals surface area contributed by atoms with Crippen molar-refractivity contribution >= 4 is 46.1 Å². The van der Waals surface area contributed by atoms with Crippen molar-refractivity contribution in [1.29, 1.82) is 0 Å². The van der Waals surface area contributed by atoms with Gasteiger partial charge in [0, 0.05) is 0 Å². The summed E-state index contributed by atoms with van der Waals surface area (Å²) >= 11 is 6.79. The number of hydrogen-bond acceptors (Lipinski definition) is 4. The van der Waals surface area contributed by atoms with Crippen LogP contribution in [0.15, 0.2) is 17.2 Å². The quantitative estimate of drug-likeness (QED) is 0.366. The number of nitrogens with zero attached hydrogens (tertiary/aromatic N) is 1. The number of ether oxygens (including phenoxy) is 2. The molecule has 0 aliphatic carbocycles. The Labute approximate surface area is 118 Å². The van der Waals surface area contributed by atoms with Crippen LogP contribution in [-0.2, 0) is 0 Å². The SMILES string of the molecule is COc1cc(C=NNC(N)=S)cc(I)c1OC. The average Bonchev–Trinajstić information content (AvgIpc) is 2.27. The molecule has 0 bridgehead atoms. The normalized spacial score (nSPS) is 10.3. The van der Waals surface area contributed by atoms with Gasteiger partial charge in [0.15, 0.2) is 16.6 Å². The first-order valence-electron chi connectivity index (χ1n) is 4.58. The Morgan fingerprint density at radius 1 is 1.47 bits per heavy atom. The van der Waals surface area contributed by atoms with Crippen molar-refractivity contribution in [3.05, 3.63) is 21.3 Å². The van der Waals surface area contributed by atoms with E-state index in [0.29, 0.717) is 11.5 Å². The van der Waals surface area contributed by atoms with Crippen molar-refractivity contribution in [2.24, 2.45) is 10.8 Å². The first-order valence-corrected chi connectivity index (χ1v) is 6.07. The standard InChI is InChI=1S/C10H12IN3O2S/c1-15-8-4-6(5-13-14-10(12)17)3-7(11)9(8)16-2/h3-5H,1-2H3,(H3,12,14,17). The first-order chi connectivity index (χ1) is 8.08. The summed E-state index contributed by atoms with van der Waals surface area (Å²) < 4.78 is 11.4. The molecule has 3 N–H and O–H groups in total. The van der Waals surface area contributed by atoms with E-state index in [4.69, 9.17) is 15.2 Å². The van der Waals surface area contributed by atoms with E-state index in [0.717, 1.165) is 9.13 Å². The van der Waals surface area contributed by atoms with Crippen molar-refractivity contribution in [2.45, 2.75) is 0 Å². The molecule has 0 saturated carbocycles. The molecule has 0 fully saturated rings. The van der Waals surface area contributed by atoms with E-state index in [1.54, 1.807) is 20.4 Å². The minimum Gasteiger partial charge on any atom is -0.493 e. The summed E-state index contributed by atoms with van der Waals surface area (Å²) in [6, 6.07) is 3.72. The Morgan fingerprint density at radius 3 is 2.71 bits per heavy atom. The molecule has 0 aliphatic rings. The Bertz CT molecular complexity index is 451. The maximum absolute atomic E-state index is 5.25. The number of thiocarbonyl (C=S) groups is 1. The molecule has 0 spiro atoms.